The summed E-state index contributed by atoms with van der Waals surface area (Å²) in [5.74, 6) is 0.655. The Morgan fingerprint density at radius 3 is 2.40 bits per heavy atom. The molecule has 40 heavy (non-hydrogen) atoms. The topological polar surface area (TPSA) is 57.6 Å². The van der Waals surface area contributed by atoms with E-state index in [0.29, 0.717) is 58.5 Å². The van der Waals surface area contributed by atoms with Gasteiger partial charge in [0.15, 0.2) is 7.36 Å². The Bertz CT molecular complexity index is 1570. The van der Waals surface area contributed by atoms with Crippen LogP contribution in [0.1, 0.15) is 24.0 Å². The molecule has 1 amide bonds. The molecule has 4 aliphatic heterocycles. The van der Waals surface area contributed by atoms with Crippen molar-refractivity contribution in [3.8, 4) is 5.75 Å². The number of carbonyl (C=O) groups is 1. The minimum atomic E-state index is -3.08. The van der Waals surface area contributed by atoms with Crippen LogP contribution in [0.3, 0.4) is 0 Å². The van der Waals surface area contributed by atoms with Gasteiger partial charge in [-0.25, -0.2) is 18.9 Å². The lowest BCUT2D eigenvalue weighted by Gasteiger charge is -2.49. The average molecular weight is 618 g/mol. The first-order valence-corrected chi connectivity index (χ1v) is 16.4. The van der Waals surface area contributed by atoms with Crippen LogP contribution in [0.25, 0.3) is 0 Å². The number of anilines is 2. The Kier molecular flexibility index (Phi) is 7.02. The van der Waals surface area contributed by atoms with Gasteiger partial charge in [-0.2, -0.15) is 0 Å². The molecule has 0 aromatic heterocycles. The van der Waals surface area contributed by atoms with Gasteiger partial charge in [-0.1, -0.05) is 46.9 Å². The monoisotopic (exact) mass is 616 g/mol. The highest BCUT2D eigenvalue weighted by molar-refractivity contribution is 7.74. The zero-order chi connectivity index (χ0) is 27.4. The Labute approximate surface area is 248 Å². The first kappa shape index (κ1) is 26.6. The molecule has 1 saturated heterocycles. The van der Waals surface area contributed by atoms with E-state index in [0.717, 1.165) is 49.6 Å². The highest BCUT2D eigenvalue weighted by Gasteiger charge is 2.50. The summed E-state index contributed by atoms with van der Waals surface area (Å²) in [7, 11) is -3.08. The molecule has 0 radical (unpaired) electrons. The fourth-order valence-corrected chi connectivity index (χ4v) is 10.7. The number of benzene rings is 3. The number of amides is 1. The smallest absolute Gasteiger partial charge is 0.408 e. The lowest BCUT2D eigenvalue weighted by atomic mass is 9.91. The second kappa shape index (κ2) is 10.5. The van der Waals surface area contributed by atoms with Gasteiger partial charge in [0, 0.05) is 37.4 Å². The number of carbonyl (C=O) groups excluding carboxylic acids is 1. The van der Waals surface area contributed by atoms with Crippen molar-refractivity contribution in [1.82, 2.24) is 4.67 Å². The van der Waals surface area contributed by atoms with E-state index in [1.165, 1.54) is 11.3 Å². The molecule has 208 valence electrons. The van der Waals surface area contributed by atoms with Gasteiger partial charge in [0.1, 0.15) is 5.75 Å². The first-order valence-electron chi connectivity index (χ1n) is 13.6. The van der Waals surface area contributed by atoms with Crippen LogP contribution in [0, 0.1) is 0 Å². The standard InChI is InChI=1S/C29H28Cl3N4O3P/c30-22-10-9-20(18-24(22)32)36-29(37)39-28-21-6-4-12-34-11-3-5-19(27(21)34)17-26(28)40(36,35-13-15-38-16-14-35)33-25-8-2-1-7-23(25)31/h1-2,7-10,17-18H,3-6,11-16H2. The minimum absolute atomic E-state index is 0.353. The van der Waals surface area contributed by atoms with Crippen LogP contribution in [0.15, 0.2) is 53.3 Å². The molecule has 0 N–H and O–H groups in total. The maximum absolute atomic E-state index is 14.3. The molecule has 3 aromatic rings. The molecular formula is C29H28Cl3N4O3P. The molecule has 0 saturated carbocycles. The van der Waals surface area contributed by atoms with E-state index < -0.39 is 13.4 Å². The van der Waals surface area contributed by atoms with Crippen LogP contribution < -0.4 is 19.6 Å². The summed E-state index contributed by atoms with van der Waals surface area (Å²) in [5, 5.41) is 2.23. The largest absolute Gasteiger partial charge is 0.425 e. The van der Waals surface area contributed by atoms with Gasteiger partial charge >= 0.3 is 6.09 Å². The van der Waals surface area contributed by atoms with Crippen molar-refractivity contribution < 1.29 is 14.3 Å². The molecule has 0 spiro atoms. The van der Waals surface area contributed by atoms with Crippen LogP contribution in [0.5, 0.6) is 5.75 Å². The van der Waals surface area contributed by atoms with Crippen molar-refractivity contribution in [3.63, 3.8) is 0 Å². The Hall–Kier alpha value is -2.25. The van der Waals surface area contributed by atoms with Crippen molar-refractivity contribution in [2.24, 2.45) is 4.74 Å². The molecular weight excluding hydrogens is 590 g/mol. The number of aryl methyl sites for hydroxylation is 1. The van der Waals surface area contributed by atoms with Gasteiger partial charge in [0.05, 0.1) is 45.0 Å². The van der Waals surface area contributed by atoms with Crippen molar-refractivity contribution in [1.29, 1.82) is 0 Å². The summed E-state index contributed by atoms with van der Waals surface area (Å²) in [5.41, 5.74) is 4.85. The summed E-state index contributed by atoms with van der Waals surface area (Å²) in [4.78, 5) is 16.8. The van der Waals surface area contributed by atoms with Crippen LogP contribution in [0.4, 0.5) is 21.9 Å². The van der Waals surface area contributed by atoms with Gasteiger partial charge in [-0.15, -0.1) is 0 Å². The summed E-state index contributed by atoms with van der Waals surface area (Å²) in [6.07, 6.45) is 3.46. The van der Waals surface area contributed by atoms with E-state index in [4.69, 9.17) is 49.0 Å². The predicted octanol–water partition coefficient (Wildman–Crippen LogP) is 7.69. The predicted molar refractivity (Wildman–Crippen MR) is 163 cm³/mol. The molecule has 11 heteroatoms. The van der Waals surface area contributed by atoms with Crippen LogP contribution in [-0.2, 0) is 17.6 Å². The van der Waals surface area contributed by atoms with Crippen LogP contribution >= 0.6 is 42.2 Å². The molecule has 7 nitrogen and oxygen atoms in total. The van der Waals surface area contributed by atoms with E-state index >= 15 is 0 Å². The third-order valence-corrected chi connectivity index (χ3v) is 12.7. The highest BCUT2D eigenvalue weighted by Crippen LogP contribution is 2.64. The molecule has 4 aliphatic rings. The fourth-order valence-electron chi connectivity index (χ4n) is 6.34. The maximum atomic E-state index is 14.3. The Morgan fingerprint density at radius 1 is 0.850 bits per heavy atom. The number of fused-ring (bicyclic) bond motifs is 2. The molecule has 1 fully saturated rings. The fraction of sp³-hybridized carbons (Fsp3) is 0.345. The lowest BCUT2D eigenvalue weighted by Crippen LogP contribution is -2.50. The van der Waals surface area contributed by atoms with Gasteiger partial charge in [0.2, 0.25) is 0 Å². The van der Waals surface area contributed by atoms with Gasteiger partial charge in [-0.3, -0.25) is 0 Å². The van der Waals surface area contributed by atoms with Crippen molar-refractivity contribution in [2.75, 3.05) is 49.0 Å². The Balaban J connectivity index is 1.60. The second-order valence-electron chi connectivity index (χ2n) is 10.4. The number of ether oxygens (including phenoxy) is 2. The Morgan fingerprint density at radius 2 is 1.62 bits per heavy atom. The number of rotatable bonds is 3. The summed E-state index contributed by atoms with van der Waals surface area (Å²) in [6, 6.07) is 15.0. The highest BCUT2D eigenvalue weighted by atomic mass is 35.5. The van der Waals surface area contributed by atoms with E-state index in [2.05, 4.69) is 15.6 Å². The van der Waals surface area contributed by atoms with Gasteiger partial charge in [0.25, 0.3) is 0 Å². The SMILES string of the molecule is O=C1Oc2c(cc3c4c2CCCN4CCC3)P(=Nc2ccccc2Cl)(N2CCOCC2)N1c1ccc(Cl)c(Cl)c1. The molecule has 1 unspecified atom stereocenters. The first-order chi connectivity index (χ1) is 19.5. The quantitative estimate of drug-likeness (QED) is 0.282. The number of hydrogen-bond acceptors (Lipinski definition) is 5. The third-order valence-electron chi connectivity index (χ3n) is 8.05. The zero-order valence-electron chi connectivity index (χ0n) is 21.8. The zero-order valence-corrected chi connectivity index (χ0v) is 24.9. The number of morpholine rings is 1. The molecule has 4 heterocycles. The van der Waals surface area contributed by atoms with Gasteiger partial charge < -0.3 is 14.4 Å². The second-order valence-corrected chi connectivity index (χ2v) is 14.4. The minimum Gasteiger partial charge on any atom is -0.408 e. The number of nitrogens with zero attached hydrogens (tertiary/aromatic N) is 4. The molecule has 1 atom stereocenters. The molecule has 7 rings (SSSR count). The van der Waals surface area contributed by atoms with Crippen molar-refractivity contribution in [2.45, 2.75) is 25.7 Å². The maximum Gasteiger partial charge on any atom is 0.425 e. The van der Waals surface area contributed by atoms with E-state index in [-0.39, 0.29) is 0 Å². The van der Waals surface area contributed by atoms with Crippen molar-refractivity contribution in [3.05, 3.63) is 74.7 Å². The third kappa shape index (κ3) is 4.25. The number of hydrogen-bond donors (Lipinski definition) is 0. The molecule has 0 aliphatic carbocycles. The summed E-state index contributed by atoms with van der Waals surface area (Å²) < 4.78 is 21.6. The lowest BCUT2D eigenvalue weighted by molar-refractivity contribution is 0.0742. The molecule has 0 bridgehead atoms. The van der Waals surface area contributed by atoms with E-state index in [1.54, 1.807) is 16.8 Å². The van der Waals surface area contributed by atoms with Crippen molar-refractivity contribution >= 4 is 70.6 Å². The number of halogens is 3. The summed E-state index contributed by atoms with van der Waals surface area (Å²) >= 11 is 19.6. The normalized spacial score (nSPS) is 22.4. The van der Waals surface area contributed by atoms with Crippen LogP contribution in [-0.4, -0.2) is 50.2 Å². The summed E-state index contributed by atoms with van der Waals surface area (Å²) in [6.45, 7) is 4.32. The average Bonchev–Trinajstić information content (AvgIpc) is 2.97. The van der Waals surface area contributed by atoms with E-state index in [1.807, 2.05) is 30.3 Å². The molecule has 3 aromatic carbocycles. The van der Waals surface area contributed by atoms with Crippen LogP contribution in [0.2, 0.25) is 15.1 Å². The van der Waals surface area contributed by atoms with E-state index in [9.17, 15) is 4.79 Å². The van der Waals surface area contributed by atoms with Gasteiger partial charge in [-0.05, 0) is 67.6 Å².